The van der Waals surface area contributed by atoms with E-state index in [4.69, 9.17) is 0 Å². The molecule has 4 heteroatoms. The van der Waals surface area contributed by atoms with Crippen molar-refractivity contribution >= 4 is 23.6 Å². The Labute approximate surface area is 147 Å². The van der Waals surface area contributed by atoms with Gasteiger partial charge in [-0.3, -0.25) is 14.5 Å². The van der Waals surface area contributed by atoms with Crippen LogP contribution in [0.5, 0.6) is 0 Å². The lowest BCUT2D eigenvalue weighted by Gasteiger charge is -2.38. The van der Waals surface area contributed by atoms with Crippen LogP contribution in [0.1, 0.15) is 34.0 Å². The standard InChI is InChI=1S/C20H21NO2S/c1-13-9-10-15(11-14(13)2)24-12-20(3)17-8-6-5-7-16(17)18(22)21(4)19(20)23/h5-11H,12H2,1-4H3. The molecule has 2 aromatic rings. The highest BCUT2D eigenvalue weighted by atomic mass is 32.2. The molecule has 0 fully saturated rings. The predicted octanol–water partition coefficient (Wildman–Crippen LogP) is 3.97. The summed E-state index contributed by atoms with van der Waals surface area (Å²) in [6.07, 6.45) is 0. The van der Waals surface area contributed by atoms with E-state index in [1.807, 2.05) is 25.1 Å². The normalized spacial score (nSPS) is 20.2. The average Bonchev–Trinajstić information content (AvgIpc) is 2.59. The fraction of sp³-hybridized carbons (Fsp3) is 0.300. The van der Waals surface area contributed by atoms with Crippen molar-refractivity contribution in [3.63, 3.8) is 0 Å². The van der Waals surface area contributed by atoms with Gasteiger partial charge in [0.25, 0.3) is 5.91 Å². The van der Waals surface area contributed by atoms with Crippen molar-refractivity contribution in [2.75, 3.05) is 12.8 Å². The Balaban J connectivity index is 1.95. The first-order chi connectivity index (χ1) is 11.3. The molecule has 3 nitrogen and oxygen atoms in total. The van der Waals surface area contributed by atoms with Crippen molar-refractivity contribution in [1.82, 2.24) is 4.90 Å². The lowest BCUT2D eigenvalue weighted by atomic mass is 9.77. The van der Waals surface area contributed by atoms with Gasteiger partial charge in [-0.25, -0.2) is 0 Å². The molecule has 124 valence electrons. The van der Waals surface area contributed by atoms with E-state index in [9.17, 15) is 9.59 Å². The molecule has 0 N–H and O–H groups in total. The second-order valence-electron chi connectivity index (χ2n) is 6.58. The quantitative estimate of drug-likeness (QED) is 0.627. The molecule has 1 unspecified atom stereocenters. The SMILES string of the molecule is Cc1ccc(SCC2(C)C(=O)N(C)C(=O)c3ccccc32)cc1C. The molecular weight excluding hydrogens is 318 g/mol. The summed E-state index contributed by atoms with van der Waals surface area (Å²) in [5.41, 5.74) is 3.25. The number of amides is 2. The van der Waals surface area contributed by atoms with Crippen LogP contribution >= 0.6 is 11.8 Å². The first-order valence-corrected chi connectivity index (χ1v) is 8.95. The number of thioether (sulfide) groups is 1. The summed E-state index contributed by atoms with van der Waals surface area (Å²) in [6.45, 7) is 6.12. The molecule has 2 aromatic carbocycles. The van der Waals surface area contributed by atoms with Gasteiger partial charge in [-0.05, 0) is 55.7 Å². The summed E-state index contributed by atoms with van der Waals surface area (Å²) >= 11 is 1.66. The van der Waals surface area contributed by atoms with Crippen molar-refractivity contribution in [2.45, 2.75) is 31.1 Å². The van der Waals surface area contributed by atoms with Crippen molar-refractivity contribution in [3.05, 3.63) is 64.7 Å². The zero-order chi connectivity index (χ0) is 17.5. The van der Waals surface area contributed by atoms with Crippen molar-refractivity contribution < 1.29 is 9.59 Å². The zero-order valence-electron chi connectivity index (χ0n) is 14.4. The van der Waals surface area contributed by atoms with Crippen LogP contribution in [0.2, 0.25) is 0 Å². The molecule has 1 heterocycles. The Morgan fingerprint density at radius 2 is 1.75 bits per heavy atom. The third-order valence-electron chi connectivity index (χ3n) is 4.84. The number of nitrogens with zero attached hydrogens (tertiary/aromatic N) is 1. The fourth-order valence-corrected chi connectivity index (χ4v) is 4.24. The van der Waals surface area contributed by atoms with Crippen molar-refractivity contribution in [1.29, 1.82) is 0 Å². The van der Waals surface area contributed by atoms with Gasteiger partial charge >= 0.3 is 0 Å². The second-order valence-corrected chi connectivity index (χ2v) is 7.63. The Kier molecular flexibility index (Phi) is 4.26. The first-order valence-electron chi connectivity index (χ1n) is 7.96. The highest BCUT2D eigenvalue weighted by Gasteiger charge is 2.45. The summed E-state index contributed by atoms with van der Waals surface area (Å²) in [6, 6.07) is 13.8. The molecule has 24 heavy (non-hydrogen) atoms. The van der Waals surface area contributed by atoms with Crippen LogP contribution in [0, 0.1) is 13.8 Å². The van der Waals surface area contributed by atoms with Gasteiger partial charge in [-0.1, -0.05) is 24.3 Å². The van der Waals surface area contributed by atoms with Gasteiger partial charge in [0, 0.05) is 23.3 Å². The summed E-state index contributed by atoms with van der Waals surface area (Å²) < 4.78 is 0. The van der Waals surface area contributed by atoms with Crippen LogP contribution in [0.15, 0.2) is 47.4 Å². The summed E-state index contributed by atoms with van der Waals surface area (Å²) in [5.74, 6) is 0.245. The van der Waals surface area contributed by atoms with E-state index < -0.39 is 5.41 Å². The Morgan fingerprint density at radius 3 is 2.46 bits per heavy atom. The van der Waals surface area contributed by atoms with Crippen LogP contribution in [0.25, 0.3) is 0 Å². The van der Waals surface area contributed by atoms with E-state index in [1.165, 1.54) is 16.0 Å². The molecule has 0 spiro atoms. The average molecular weight is 339 g/mol. The number of carbonyl (C=O) groups excluding carboxylic acids is 2. The topological polar surface area (TPSA) is 37.4 Å². The Morgan fingerprint density at radius 1 is 1.04 bits per heavy atom. The Bertz CT molecular complexity index is 830. The van der Waals surface area contributed by atoms with E-state index in [1.54, 1.807) is 24.9 Å². The fourth-order valence-electron chi connectivity index (χ4n) is 3.08. The molecule has 0 aromatic heterocycles. The highest BCUT2D eigenvalue weighted by Crippen LogP contribution is 2.38. The number of hydrogen-bond donors (Lipinski definition) is 0. The van der Waals surface area contributed by atoms with Crippen molar-refractivity contribution in [2.24, 2.45) is 0 Å². The second kappa shape index (κ2) is 6.10. The number of carbonyl (C=O) groups is 2. The first kappa shape index (κ1) is 16.8. The predicted molar refractivity (Wildman–Crippen MR) is 97.5 cm³/mol. The van der Waals surface area contributed by atoms with Gasteiger partial charge in [0.2, 0.25) is 5.91 Å². The third kappa shape index (κ3) is 2.65. The van der Waals surface area contributed by atoms with Gasteiger partial charge in [-0.15, -0.1) is 11.8 Å². The van der Waals surface area contributed by atoms with E-state index in [-0.39, 0.29) is 11.8 Å². The molecule has 0 saturated heterocycles. The summed E-state index contributed by atoms with van der Waals surface area (Å²) in [7, 11) is 1.57. The molecule has 1 aliphatic heterocycles. The molecule has 0 radical (unpaired) electrons. The number of aryl methyl sites for hydroxylation is 2. The van der Waals surface area contributed by atoms with Crippen LogP contribution in [-0.2, 0) is 10.2 Å². The molecule has 2 amide bonds. The summed E-state index contributed by atoms with van der Waals surface area (Å²) in [4.78, 5) is 27.6. The third-order valence-corrected chi connectivity index (χ3v) is 6.15. The maximum atomic E-state index is 12.9. The maximum Gasteiger partial charge on any atom is 0.260 e. The van der Waals surface area contributed by atoms with E-state index in [0.29, 0.717) is 11.3 Å². The van der Waals surface area contributed by atoms with Crippen LogP contribution in [-0.4, -0.2) is 29.5 Å². The molecule has 1 atom stereocenters. The minimum atomic E-state index is -0.706. The minimum Gasteiger partial charge on any atom is -0.281 e. The van der Waals surface area contributed by atoms with E-state index in [2.05, 4.69) is 32.0 Å². The lowest BCUT2D eigenvalue weighted by Crippen LogP contribution is -2.52. The number of benzene rings is 2. The van der Waals surface area contributed by atoms with Gasteiger partial charge in [-0.2, -0.15) is 0 Å². The summed E-state index contributed by atoms with van der Waals surface area (Å²) in [5, 5.41) is 0. The smallest absolute Gasteiger partial charge is 0.260 e. The van der Waals surface area contributed by atoms with Gasteiger partial charge < -0.3 is 0 Å². The Hall–Kier alpha value is -2.07. The number of fused-ring (bicyclic) bond motifs is 1. The number of imide groups is 1. The highest BCUT2D eigenvalue weighted by molar-refractivity contribution is 7.99. The number of likely N-dealkylation sites (N-methyl/N-ethyl adjacent to an activating group) is 1. The molecule has 0 saturated carbocycles. The molecule has 0 bridgehead atoms. The molecule has 3 rings (SSSR count). The van der Waals surface area contributed by atoms with Gasteiger partial charge in [0.05, 0.1) is 5.41 Å². The van der Waals surface area contributed by atoms with Gasteiger partial charge in [0.15, 0.2) is 0 Å². The van der Waals surface area contributed by atoms with E-state index >= 15 is 0 Å². The largest absolute Gasteiger partial charge is 0.281 e. The maximum absolute atomic E-state index is 12.9. The van der Waals surface area contributed by atoms with Gasteiger partial charge in [0.1, 0.15) is 0 Å². The number of hydrogen-bond acceptors (Lipinski definition) is 3. The molecule has 1 aliphatic rings. The zero-order valence-corrected chi connectivity index (χ0v) is 15.2. The minimum absolute atomic E-state index is 0.137. The van der Waals surface area contributed by atoms with Crippen molar-refractivity contribution in [3.8, 4) is 0 Å². The van der Waals surface area contributed by atoms with E-state index in [0.717, 1.165) is 10.5 Å². The van der Waals surface area contributed by atoms with Crippen LogP contribution < -0.4 is 0 Å². The lowest BCUT2D eigenvalue weighted by molar-refractivity contribution is -0.132. The van der Waals surface area contributed by atoms with Crippen LogP contribution in [0.4, 0.5) is 0 Å². The molecule has 0 aliphatic carbocycles. The molecular formula is C20H21NO2S. The number of rotatable bonds is 3. The van der Waals surface area contributed by atoms with Crippen LogP contribution in [0.3, 0.4) is 0 Å². The monoisotopic (exact) mass is 339 g/mol.